The number of hydrogen-bond acceptors (Lipinski definition) is 5. The van der Waals surface area contributed by atoms with Crippen molar-refractivity contribution < 1.29 is 45.6 Å². The van der Waals surface area contributed by atoms with Gasteiger partial charge in [-0.25, -0.2) is 0 Å². The summed E-state index contributed by atoms with van der Waals surface area (Å²) in [5.41, 5.74) is 0. The van der Waals surface area contributed by atoms with Crippen molar-refractivity contribution in [2.24, 2.45) is 0 Å². The predicted octanol–water partition coefficient (Wildman–Crippen LogP) is 1.75. The van der Waals surface area contributed by atoms with Gasteiger partial charge in [-0.05, 0) is 0 Å². The van der Waals surface area contributed by atoms with Gasteiger partial charge < -0.3 is 23.7 Å². The Morgan fingerprint density at radius 2 is 1.50 bits per heavy atom. The van der Waals surface area contributed by atoms with E-state index >= 15 is 0 Å². The molecule has 0 bridgehead atoms. The second-order valence-corrected chi connectivity index (χ2v) is 5.13. The first-order chi connectivity index (χ1) is 10.2. The van der Waals surface area contributed by atoms with E-state index < -0.39 is 30.9 Å². The molecular formula is C12H17F5O5. The van der Waals surface area contributed by atoms with Crippen LogP contribution in [0.1, 0.15) is 6.42 Å². The Morgan fingerprint density at radius 3 is 1.91 bits per heavy atom. The molecule has 5 nitrogen and oxygen atoms in total. The highest BCUT2D eigenvalue weighted by Gasteiger charge is 2.59. The van der Waals surface area contributed by atoms with Gasteiger partial charge in [0.2, 0.25) is 0 Å². The second-order valence-electron chi connectivity index (χ2n) is 5.13. The number of epoxide rings is 2. The summed E-state index contributed by atoms with van der Waals surface area (Å²) >= 11 is 0. The van der Waals surface area contributed by atoms with E-state index in [9.17, 15) is 22.0 Å². The molecule has 2 aliphatic heterocycles. The third-order valence-electron chi connectivity index (χ3n) is 3.16. The minimum Gasteiger partial charge on any atom is -0.371 e. The Labute approximate surface area is 123 Å². The van der Waals surface area contributed by atoms with Gasteiger partial charge in [0, 0.05) is 7.11 Å². The Hall–Kier alpha value is -0.550. The number of halogens is 5. The fourth-order valence-corrected chi connectivity index (χ4v) is 1.69. The number of rotatable bonds is 10. The van der Waals surface area contributed by atoms with Crippen LogP contribution in [-0.2, 0) is 23.7 Å². The third-order valence-corrected chi connectivity index (χ3v) is 3.16. The molecule has 4 unspecified atom stereocenters. The molecule has 22 heavy (non-hydrogen) atoms. The van der Waals surface area contributed by atoms with E-state index in [1.807, 2.05) is 0 Å². The zero-order valence-electron chi connectivity index (χ0n) is 11.8. The van der Waals surface area contributed by atoms with Crippen LogP contribution in [0.25, 0.3) is 0 Å². The largest absolute Gasteiger partial charge is 0.453 e. The van der Waals surface area contributed by atoms with Crippen LogP contribution in [0, 0.1) is 0 Å². The van der Waals surface area contributed by atoms with Crippen molar-refractivity contribution in [1.29, 1.82) is 0 Å². The van der Waals surface area contributed by atoms with Crippen LogP contribution in [0.2, 0.25) is 0 Å². The van der Waals surface area contributed by atoms with E-state index in [0.29, 0.717) is 13.2 Å². The molecule has 10 heteroatoms. The lowest BCUT2D eigenvalue weighted by Gasteiger charge is -2.30. The normalized spacial score (nSPS) is 27.5. The van der Waals surface area contributed by atoms with Crippen LogP contribution < -0.4 is 0 Å². The summed E-state index contributed by atoms with van der Waals surface area (Å²) in [7, 11) is 1.15. The van der Waals surface area contributed by atoms with Crippen LogP contribution in [0.4, 0.5) is 22.0 Å². The Balaban J connectivity index is 1.95. The van der Waals surface area contributed by atoms with Crippen LogP contribution >= 0.6 is 0 Å². The molecule has 0 aromatic carbocycles. The SMILES string of the molecule is COC(OCC1CO1)C(CC(F)(F)C(F)(F)F)OCC1CO1. The first-order valence-electron chi connectivity index (χ1n) is 6.66. The van der Waals surface area contributed by atoms with Gasteiger partial charge >= 0.3 is 12.1 Å². The summed E-state index contributed by atoms with van der Waals surface area (Å²) in [5.74, 6) is -4.90. The molecule has 2 fully saturated rings. The fourth-order valence-electron chi connectivity index (χ4n) is 1.69. The van der Waals surface area contributed by atoms with Crippen LogP contribution in [0.15, 0.2) is 0 Å². The number of ether oxygens (including phenoxy) is 5. The van der Waals surface area contributed by atoms with Gasteiger partial charge in [0.15, 0.2) is 6.29 Å². The minimum absolute atomic E-state index is 0.0376. The van der Waals surface area contributed by atoms with Gasteiger partial charge in [-0.1, -0.05) is 0 Å². The summed E-state index contributed by atoms with van der Waals surface area (Å²) in [6.45, 7) is 0.783. The van der Waals surface area contributed by atoms with Gasteiger partial charge in [0.25, 0.3) is 0 Å². The van der Waals surface area contributed by atoms with Gasteiger partial charge in [0.1, 0.15) is 18.3 Å². The lowest BCUT2D eigenvalue weighted by Crippen LogP contribution is -2.45. The van der Waals surface area contributed by atoms with Crippen molar-refractivity contribution in [2.75, 3.05) is 33.5 Å². The van der Waals surface area contributed by atoms with E-state index in [2.05, 4.69) is 0 Å². The maximum atomic E-state index is 13.3. The van der Waals surface area contributed by atoms with E-state index in [1.165, 1.54) is 0 Å². The molecule has 0 spiro atoms. The summed E-state index contributed by atoms with van der Waals surface area (Å²) in [6, 6.07) is 0. The van der Waals surface area contributed by atoms with Gasteiger partial charge in [0.05, 0.1) is 32.8 Å². The highest BCUT2D eigenvalue weighted by Crippen LogP contribution is 2.40. The molecule has 2 rings (SSSR count). The topological polar surface area (TPSA) is 52.8 Å². The maximum absolute atomic E-state index is 13.3. The maximum Gasteiger partial charge on any atom is 0.453 e. The van der Waals surface area contributed by atoms with Crippen LogP contribution in [0.5, 0.6) is 0 Å². The molecule has 0 aromatic rings. The predicted molar refractivity (Wildman–Crippen MR) is 61.6 cm³/mol. The zero-order chi connectivity index (χ0) is 16.4. The van der Waals surface area contributed by atoms with E-state index in [-0.39, 0.29) is 25.4 Å². The van der Waals surface area contributed by atoms with Crippen molar-refractivity contribution in [3.63, 3.8) is 0 Å². The molecule has 2 heterocycles. The van der Waals surface area contributed by atoms with Crippen LogP contribution in [0.3, 0.4) is 0 Å². The quantitative estimate of drug-likeness (QED) is 0.346. The smallest absolute Gasteiger partial charge is 0.371 e. The van der Waals surface area contributed by atoms with Crippen molar-refractivity contribution in [1.82, 2.24) is 0 Å². The number of alkyl halides is 5. The monoisotopic (exact) mass is 336 g/mol. The third kappa shape index (κ3) is 5.27. The molecule has 0 radical (unpaired) electrons. The van der Waals surface area contributed by atoms with Gasteiger partial charge in [-0.15, -0.1) is 0 Å². The average molecular weight is 336 g/mol. The van der Waals surface area contributed by atoms with Gasteiger partial charge in [-0.2, -0.15) is 22.0 Å². The zero-order valence-corrected chi connectivity index (χ0v) is 11.8. The summed E-state index contributed by atoms with van der Waals surface area (Å²) in [4.78, 5) is 0. The van der Waals surface area contributed by atoms with Crippen molar-refractivity contribution in [2.45, 2.75) is 43.1 Å². The molecule has 130 valence electrons. The average Bonchev–Trinajstić information content (AvgIpc) is 3.28. The second kappa shape index (κ2) is 6.91. The molecule has 0 amide bonds. The first kappa shape index (κ1) is 17.8. The molecule has 2 saturated heterocycles. The van der Waals surface area contributed by atoms with Crippen molar-refractivity contribution >= 4 is 0 Å². The molecule has 0 aliphatic carbocycles. The van der Waals surface area contributed by atoms with Gasteiger partial charge in [-0.3, -0.25) is 0 Å². The number of methoxy groups -OCH3 is 1. The fraction of sp³-hybridized carbons (Fsp3) is 1.00. The summed E-state index contributed by atoms with van der Waals surface area (Å²) in [6.07, 6.45) is -10.7. The molecule has 4 atom stereocenters. The van der Waals surface area contributed by atoms with Crippen LogP contribution in [-0.4, -0.2) is 70.2 Å². The highest BCUT2D eigenvalue weighted by atomic mass is 19.4. The molecule has 0 N–H and O–H groups in total. The lowest BCUT2D eigenvalue weighted by molar-refractivity contribution is -0.303. The highest BCUT2D eigenvalue weighted by molar-refractivity contribution is 4.83. The first-order valence-corrected chi connectivity index (χ1v) is 6.66. The summed E-state index contributed by atoms with van der Waals surface area (Å²) in [5, 5.41) is 0. The summed E-state index contributed by atoms with van der Waals surface area (Å²) < 4.78 is 88.5. The molecule has 2 aliphatic rings. The van der Waals surface area contributed by atoms with E-state index in [4.69, 9.17) is 23.7 Å². The Morgan fingerprint density at radius 1 is 1.00 bits per heavy atom. The molecule has 0 saturated carbocycles. The minimum atomic E-state index is -5.66. The van der Waals surface area contributed by atoms with Crippen molar-refractivity contribution in [3.8, 4) is 0 Å². The standard InChI is InChI=1S/C12H17F5O5/c1-18-10(22-6-8-4-20-8)9(21-5-7-3-19-7)2-11(13,14)12(15,16)17/h7-10H,2-6H2,1H3. The Bertz CT molecular complexity index is 356. The lowest BCUT2D eigenvalue weighted by atomic mass is 10.1. The number of hydrogen-bond donors (Lipinski definition) is 0. The van der Waals surface area contributed by atoms with Crippen molar-refractivity contribution in [3.05, 3.63) is 0 Å². The Kier molecular flexibility index (Phi) is 5.59. The van der Waals surface area contributed by atoms with E-state index in [1.54, 1.807) is 0 Å². The molecular weight excluding hydrogens is 319 g/mol. The molecule has 0 aromatic heterocycles. The van der Waals surface area contributed by atoms with E-state index in [0.717, 1.165) is 7.11 Å².